The predicted octanol–water partition coefficient (Wildman–Crippen LogP) is 1.38. The fraction of sp³-hybridized carbons (Fsp3) is 0.667. The van der Waals surface area contributed by atoms with Gasteiger partial charge >= 0.3 is 0 Å². The quantitative estimate of drug-likeness (QED) is 0.591. The second kappa shape index (κ2) is 3.22. The Morgan fingerprint density at radius 3 is 2.71 bits per heavy atom. The van der Waals surface area contributed by atoms with Gasteiger partial charge in [-0.2, -0.15) is 5.10 Å². The molecule has 1 atom stereocenters. The molecule has 1 aliphatic rings. The van der Waals surface area contributed by atoms with Gasteiger partial charge in [0.05, 0.1) is 23.0 Å². The number of rotatable bonds is 3. The van der Waals surface area contributed by atoms with Crippen molar-refractivity contribution in [2.24, 2.45) is 18.3 Å². The minimum Gasteiger partial charge on any atom is -0.271 e. The molecule has 14 heavy (non-hydrogen) atoms. The molecule has 5 heteroatoms. The lowest BCUT2D eigenvalue weighted by atomic mass is 9.96. The van der Waals surface area contributed by atoms with E-state index in [0.717, 1.165) is 5.69 Å². The van der Waals surface area contributed by atoms with Crippen molar-refractivity contribution in [3.63, 3.8) is 0 Å². The van der Waals surface area contributed by atoms with Crippen LogP contribution in [0, 0.1) is 5.41 Å². The maximum atomic E-state index is 6.07. The largest absolute Gasteiger partial charge is 0.271 e. The predicted molar refractivity (Wildman–Crippen MR) is 55.6 cm³/mol. The van der Waals surface area contributed by atoms with Crippen LogP contribution in [0.1, 0.15) is 31.5 Å². The van der Waals surface area contributed by atoms with Gasteiger partial charge in [-0.05, 0) is 18.3 Å². The molecule has 1 unspecified atom stereocenters. The summed E-state index contributed by atoms with van der Waals surface area (Å²) >= 11 is 6.07. The molecular formula is C9H15ClN4. The van der Waals surface area contributed by atoms with Gasteiger partial charge in [-0.3, -0.25) is 16.0 Å². The molecule has 0 aromatic carbocycles. The third kappa shape index (κ3) is 1.43. The molecule has 1 fully saturated rings. The van der Waals surface area contributed by atoms with Crippen molar-refractivity contribution < 1.29 is 0 Å². The smallest absolute Gasteiger partial charge is 0.0834 e. The van der Waals surface area contributed by atoms with Crippen LogP contribution >= 0.6 is 11.6 Å². The number of nitrogens with zero attached hydrogens (tertiary/aromatic N) is 2. The lowest BCUT2D eigenvalue weighted by Crippen LogP contribution is -2.35. The lowest BCUT2D eigenvalue weighted by molar-refractivity contribution is 0.353. The van der Waals surface area contributed by atoms with Gasteiger partial charge in [0, 0.05) is 7.05 Å². The highest BCUT2D eigenvalue weighted by Gasteiger charge is 2.46. The van der Waals surface area contributed by atoms with E-state index in [1.807, 2.05) is 7.05 Å². The summed E-state index contributed by atoms with van der Waals surface area (Å²) in [6.45, 7) is 2.21. The van der Waals surface area contributed by atoms with E-state index < -0.39 is 0 Å². The van der Waals surface area contributed by atoms with Crippen molar-refractivity contribution >= 4 is 11.6 Å². The fourth-order valence-electron chi connectivity index (χ4n) is 1.84. The zero-order chi connectivity index (χ0) is 10.3. The molecule has 3 N–H and O–H groups in total. The Morgan fingerprint density at radius 2 is 2.36 bits per heavy atom. The van der Waals surface area contributed by atoms with Crippen LogP contribution in [-0.4, -0.2) is 9.78 Å². The van der Waals surface area contributed by atoms with Crippen LogP contribution in [0.2, 0.25) is 5.02 Å². The minimum absolute atomic E-state index is 0.0995. The van der Waals surface area contributed by atoms with Crippen LogP contribution in [0.5, 0.6) is 0 Å². The summed E-state index contributed by atoms with van der Waals surface area (Å²) in [5.41, 5.74) is 4.07. The van der Waals surface area contributed by atoms with E-state index in [9.17, 15) is 0 Å². The number of nitrogens with one attached hydrogen (secondary N) is 1. The Bertz CT molecular complexity index is 323. The van der Waals surface area contributed by atoms with E-state index in [4.69, 9.17) is 17.4 Å². The number of hydrazine groups is 1. The van der Waals surface area contributed by atoms with Crippen molar-refractivity contribution in [3.8, 4) is 0 Å². The van der Waals surface area contributed by atoms with E-state index in [1.165, 1.54) is 12.8 Å². The average molecular weight is 215 g/mol. The molecule has 4 nitrogen and oxygen atoms in total. The second-order valence-corrected chi connectivity index (χ2v) is 4.66. The number of aryl methyl sites for hydroxylation is 1. The van der Waals surface area contributed by atoms with Gasteiger partial charge in [0.1, 0.15) is 0 Å². The van der Waals surface area contributed by atoms with E-state index in [2.05, 4.69) is 17.4 Å². The molecule has 1 aromatic heterocycles. The normalized spacial score (nSPS) is 20.9. The Hall–Kier alpha value is -0.580. The molecule has 0 radical (unpaired) electrons. The Balaban J connectivity index is 2.36. The van der Waals surface area contributed by atoms with Gasteiger partial charge in [0.25, 0.3) is 0 Å². The summed E-state index contributed by atoms with van der Waals surface area (Å²) in [5.74, 6) is 5.58. The number of aromatic nitrogens is 2. The SMILES string of the molecule is Cn1ncc(Cl)c1C(NN)C1(C)CC1. The average Bonchev–Trinajstić information content (AvgIpc) is 2.81. The molecule has 2 rings (SSSR count). The second-order valence-electron chi connectivity index (χ2n) is 4.26. The summed E-state index contributed by atoms with van der Waals surface area (Å²) in [6.07, 6.45) is 4.03. The topological polar surface area (TPSA) is 55.9 Å². The zero-order valence-corrected chi connectivity index (χ0v) is 9.17. The first-order valence-corrected chi connectivity index (χ1v) is 5.10. The molecule has 0 spiro atoms. The van der Waals surface area contributed by atoms with E-state index in [0.29, 0.717) is 5.02 Å². The van der Waals surface area contributed by atoms with Crippen molar-refractivity contribution in [2.75, 3.05) is 0 Å². The first-order valence-electron chi connectivity index (χ1n) is 4.72. The molecule has 1 saturated carbocycles. The lowest BCUT2D eigenvalue weighted by Gasteiger charge is -2.23. The highest BCUT2D eigenvalue weighted by molar-refractivity contribution is 6.31. The van der Waals surface area contributed by atoms with Gasteiger partial charge in [-0.15, -0.1) is 0 Å². The third-order valence-corrected chi connectivity index (χ3v) is 3.40. The zero-order valence-electron chi connectivity index (χ0n) is 8.42. The minimum atomic E-state index is 0.0995. The van der Waals surface area contributed by atoms with Gasteiger partial charge in [0.15, 0.2) is 0 Å². The fourth-order valence-corrected chi connectivity index (χ4v) is 2.12. The highest BCUT2D eigenvalue weighted by Crippen LogP contribution is 2.54. The van der Waals surface area contributed by atoms with Gasteiger partial charge in [-0.25, -0.2) is 0 Å². The molecule has 78 valence electrons. The molecule has 1 aliphatic carbocycles. The Kier molecular flexibility index (Phi) is 2.29. The molecule has 0 aliphatic heterocycles. The van der Waals surface area contributed by atoms with Crippen LogP contribution in [0.3, 0.4) is 0 Å². The van der Waals surface area contributed by atoms with Gasteiger partial charge in [0.2, 0.25) is 0 Å². The maximum absolute atomic E-state index is 6.07. The van der Waals surface area contributed by atoms with E-state index in [-0.39, 0.29) is 11.5 Å². The number of hydrogen-bond donors (Lipinski definition) is 2. The molecule has 0 saturated heterocycles. The molecule has 1 heterocycles. The monoisotopic (exact) mass is 214 g/mol. The first kappa shape index (κ1) is 9.96. The number of halogens is 1. The summed E-state index contributed by atoms with van der Waals surface area (Å²) in [6, 6.07) is 0.0995. The molecule has 0 bridgehead atoms. The van der Waals surface area contributed by atoms with Crippen molar-refractivity contribution in [1.82, 2.24) is 15.2 Å². The standard InChI is InChI=1S/C9H15ClN4/c1-9(3-4-9)8(13-11)7-6(10)5-12-14(7)2/h5,8,13H,3-4,11H2,1-2H3. The molecular weight excluding hydrogens is 200 g/mol. The van der Waals surface area contributed by atoms with Crippen LogP contribution in [0.15, 0.2) is 6.20 Å². The Labute approximate surface area is 88.4 Å². The summed E-state index contributed by atoms with van der Waals surface area (Å²) in [4.78, 5) is 0. The third-order valence-electron chi connectivity index (χ3n) is 3.11. The molecule has 0 amide bonds. The summed E-state index contributed by atoms with van der Waals surface area (Å²) < 4.78 is 1.79. The van der Waals surface area contributed by atoms with Gasteiger partial charge < -0.3 is 0 Å². The van der Waals surface area contributed by atoms with Crippen LogP contribution in [0.25, 0.3) is 0 Å². The van der Waals surface area contributed by atoms with Crippen LogP contribution in [-0.2, 0) is 7.05 Å². The van der Waals surface area contributed by atoms with Crippen molar-refractivity contribution in [1.29, 1.82) is 0 Å². The Morgan fingerprint density at radius 1 is 1.71 bits per heavy atom. The molecule has 1 aromatic rings. The van der Waals surface area contributed by atoms with Crippen LogP contribution < -0.4 is 11.3 Å². The van der Waals surface area contributed by atoms with E-state index >= 15 is 0 Å². The number of hydrogen-bond acceptors (Lipinski definition) is 3. The van der Waals surface area contributed by atoms with Crippen LogP contribution in [0.4, 0.5) is 0 Å². The first-order chi connectivity index (χ1) is 6.58. The summed E-state index contributed by atoms with van der Waals surface area (Å²) in [7, 11) is 1.89. The van der Waals surface area contributed by atoms with Crippen molar-refractivity contribution in [3.05, 3.63) is 16.9 Å². The number of nitrogens with two attached hydrogens (primary N) is 1. The van der Waals surface area contributed by atoms with Crippen molar-refractivity contribution in [2.45, 2.75) is 25.8 Å². The maximum Gasteiger partial charge on any atom is 0.0834 e. The van der Waals surface area contributed by atoms with Gasteiger partial charge in [-0.1, -0.05) is 18.5 Å². The van der Waals surface area contributed by atoms with E-state index in [1.54, 1.807) is 10.9 Å². The summed E-state index contributed by atoms with van der Waals surface area (Å²) in [5, 5.41) is 4.80. The highest BCUT2D eigenvalue weighted by atomic mass is 35.5.